The fourth-order valence-electron chi connectivity index (χ4n) is 1.64. The van der Waals surface area contributed by atoms with Gasteiger partial charge >= 0.3 is 5.97 Å². The van der Waals surface area contributed by atoms with Crippen LogP contribution in [0.5, 0.6) is 0 Å². The summed E-state index contributed by atoms with van der Waals surface area (Å²) in [6.07, 6.45) is 0. The molecule has 0 amide bonds. The summed E-state index contributed by atoms with van der Waals surface area (Å²) < 4.78 is 0.986. The third kappa shape index (κ3) is 3.00. The van der Waals surface area contributed by atoms with Crippen molar-refractivity contribution in [1.29, 1.82) is 0 Å². The van der Waals surface area contributed by atoms with Crippen LogP contribution in [0.25, 0.3) is 0 Å². The maximum Gasteiger partial charge on any atom is 0.325 e. The molecule has 7 heteroatoms. The number of nitrogens with zero attached hydrogens (tertiary/aromatic N) is 3. The number of aliphatic carboxylic acids is 1. The van der Waals surface area contributed by atoms with Gasteiger partial charge in [0.15, 0.2) is 0 Å². The number of rotatable bonds is 3. The number of carboxylic acids is 1. The number of carbonyl (C=O) groups is 1. The maximum atomic E-state index is 11.4. The minimum absolute atomic E-state index is 0.387. The van der Waals surface area contributed by atoms with Crippen LogP contribution < -0.4 is 10.5 Å². The third-order valence-corrected chi connectivity index (χ3v) is 3.42. The molecule has 2 heterocycles. The first-order chi connectivity index (χ1) is 8.16. The molecule has 92 valence electrons. The van der Waals surface area contributed by atoms with Gasteiger partial charge in [-0.15, -0.1) is 0 Å². The van der Waals surface area contributed by atoms with E-state index >= 15 is 0 Å². The van der Waals surface area contributed by atoms with Crippen LogP contribution in [-0.2, 0) is 11.3 Å². The molecule has 1 fully saturated rings. The van der Waals surface area contributed by atoms with Crippen LogP contribution in [0, 0.1) is 0 Å². The monoisotopic (exact) mass is 255 g/mol. The molecule has 6 nitrogen and oxygen atoms in total. The van der Waals surface area contributed by atoms with Gasteiger partial charge in [-0.25, -0.2) is 4.68 Å². The molecule has 0 aliphatic carbocycles. The highest BCUT2D eigenvalue weighted by Gasteiger charge is 2.14. The van der Waals surface area contributed by atoms with Crippen LogP contribution in [0.3, 0.4) is 0 Å². The Morgan fingerprint density at radius 3 is 2.76 bits per heavy atom. The highest BCUT2D eigenvalue weighted by atomic mass is 32.2. The third-order valence-electron chi connectivity index (χ3n) is 2.47. The summed E-state index contributed by atoms with van der Waals surface area (Å²) in [5, 5.41) is 12.8. The topological polar surface area (TPSA) is 75.4 Å². The van der Waals surface area contributed by atoms with E-state index in [1.807, 2.05) is 11.8 Å². The number of carboxylic acid groups (broad SMARTS) is 1. The summed E-state index contributed by atoms with van der Waals surface area (Å²) in [6.45, 7) is 1.36. The van der Waals surface area contributed by atoms with Crippen LogP contribution in [0.4, 0.5) is 5.82 Å². The van der Waals surface area contributed by atoms with Crippen molar-refractivity contribution in [3.8, 4) is 0 Å². The normalized spacial score (nSPS) is 15.9. The van der Waals surface area contributed by atoms with Crippen molar-refractivity contribution < 1.29 is 9.90 Å². The molecular weight excluding hydrogens is 242 g/mol. The average molecular weight is 255 g/mol. The zero-order chi connectivity index (χ0) is 12.3. The number of aromatic nitrogens is 2. The van der Waals surface area contributed by atoms with Crippen LogP contribution >= 0.6 is 11.8 Å². The van der Waals surface area contributed by atoms with E-state index in [1.54, 1.807) is 6.07 Å². The van der Waals surface area contributed by atoms with Crippen LogP contribution in [-0.4, -0.2) is 45.5 Å². The molecule has 1 aromatic heterocycles. The van der Waals surface area contributed by atoms with Gasteiger partial charge in [-0.2, -0.15) is 16.9 Å². The number of hydrogen-bond acceptors (Lipinski definition) is 5. The lowest BCUT2D eigenvalue weighted by atomic mass is 10.4. The van der Waals surface area contributed by atoms with Crippen molar-refractivity contribution in [3.05, 3.63) is 22.5 Å². The Morgan fingerprint density at radius 2 is 2.12 bits per heavy atom. The molecule has 0 spiro atoms. The first-order valence-electron chi connectivity index (χ1n) is 5.29. The van der Waals surface area contributed by atoms with Gasteiger partial charge in [0, 0.05) is 30.7 Å². The molecule has 1 saturated heterocycles. The highest BCUT2D eigenvalue weighted by molar-refractivity contribution is 7.99. The van der Waals surface area contributed by atoms with E-state index in [4.69, 9.17) is 5.11 Å². The van der Waals surface area contributed by atoms with Gasteiger partial charge in [0.05, 0.1) is 0 Å². The van der Waals surface area contributed by atoms with E-state index in [-0.39, 0.29) is 5.56 Å². The average Bonchev–Trinajstić information content (AvgIpc) is 2.32. The SMILES string of the molecule is O=C(O)Cn1nc(N2CCSCC2)ccc1=O. The van der Waals surface area contributed by atoms with E-state index in [0.717, 1.165) is 29.3 Å². The van der Waals surface area contributed by atoms with E-state index < -0.39 is 12.5 Å². The quantitative estimate of drug-likeness (QED) is 0.811. The molecule has 1 N–H and O–H groups in total. The molecule has 0 saturated carbocycles. The highest BCUT2D eigenvalue weighted by Crippen LogP contribution is 2.15. The Morgan fingerprint density at radius 1 is 1.41 bits per heavy atom. The summed E-state index contributed by atoms with van der Waals surface area (Å²) in [5.74, 6) is 1.66. The van der Waals surface area contributed by atoms with Crippen LogP contribution in [0.2, 0.25) is 0 Å². The van der Waals surface area contributed by atoms with Gasteiger partial charge < -0.3 is 10.0 Å². The lowest BCUT2D eigenvalue weighted by molar-refractivity contribution is -0.138. The fourth-order valence-corrected chi connectivity index (χ4v) is 2.54. The molecule has 0 radical (unpaired) electrons. The minimum atomic E-state index is -1.06. The van der Waals surface area contributed by atoms with Crippen molar-refractivity contribution in [2.75, 3.05) is 29.5 Å². The molecule has 1 aromatic rings. The lowest BCUT2D eigenvalue weighted by Crippen LogP contribution is -2.35. The van der Waals surface area contributed by atoms with Gasteiger partial charge in [0.2, 0.25) is 0 Å². The molecule has 0 unspecified atom stereocenters. The predicted molar refractivity (Wildman–Crippen MR) is 65.7 cm³/mol. The smallest absolute Gasteiger partial charge is 0.325 e. The van der Waals surface area contributed by atoms with Gasteiger partial charge in [0.25, 0.3) is 5.56 Å². The number of anilines is 1. The molecule has 2 rings (SSSR count). The van der Waals surface area contributed by atoms with Crippen molar-refractivity contribution in [2.45, 2.75) is 6.54 Å². The molecule has 17 heavy (non-hydrogen) atoms. The van der Waals surface area contributed by atoms with E-state index in [2.05, 4.69) is 10.00 Å². The molecule has 0 bridgehead atoms. The first kappa shape index (κ1) is 12.0. The van der Waals surface area contributed by atoms with Crippen molar-refractivity contribution in [3.63, 3.8) is 0 Å². The maximum absolute atomic E-state index is 11.4. The van der Waals surface area contributed by atoms with Crippen molar-refractivity contribution in [2.24, 2.45) is 0 Å². The van der Waals surface area contributed by atoms with Crippen LogP contribution in [0.1, 0.15) is 0 Å². The summed E-state index contributed by atoms with van der Waals surface area (Å²) in [7, 11) is 0. The second-order valence-electron chi connectivity index (χ2n) is 3.68. The Hall–Kier alpha value is -1.50. The van der Waals surface area contributed by atoms with Gasteiger partial charge in [-0.1, -0.05) is 0 Å². The summed E-state index contributed by atoms with van der Waals surface area (Å²) in [5.41, 5.74) is -0.387. The fraction of sp³-hybridized carbons (Fsp3) is 0.500. The van der Waals surface area contributed by atoms with Gasteiger partial charge in [0.1, 0.15) is 12.4 Å². The molecule has 1 aliphatic rings. The van der Waals surface area contributed by atoms with Gasteiger partial charge in [-0.3, -0.25) is 9.59 Å². The molecular formula is C10H13N3O3S. The Kier molecular flexibility index (Phi) is 3.68. The number of hydrogen-bond donors (Lipinski definition) is 1. The first-order valence-corrected chi connectivity index (χ1v) is 6.45. The largest absolute Gasteiger partial charge is 0.480 e. The van der Waals surface area contributed by atoms with Crippen molar-refractivity contribution >= 4 is 23.5 Å². The van der Waals surface area contributed by atoms with Crippen LogP contribution in [0.15, 0.2) is 16.9 Å². The van der Waals surface area contributed by atoms with E-state index in [9.17, 15) is 9.59 Å². The Labute approximate surface area is 102 Å². The van der Waals surface area contributed by atoms with Crippen molar-refractivity contribution in [1.82, 2.24) is 9.78 Å². The van der Waals surface area contributed by atoms with Gasteiger partial charge in [-0.05, 0) is 6.07 Å². The summed E-state index contributed by atoms with van der Waals surface area (Å²) >= 11 is 1.88. The molecule has 0 atom stereocenters. The zero-order valence-corrected chi connectivity index (χ0v) is 10.0. The zero-order valence-electron chi connectivity index (χ0n) is 9.20. The standard InChI is InChI=1S/C10H13N3O3S/c14-9-2-1-8(11-13(9)7-10(15)16)12-3-5-17-6-4-12/h1-2H,3-7H2,(H,15,16). The Bertz CT molecular complexity index is 468. The Balaban J connectivity index is 2.23. The van der Waals surface area contributed by atoms with E-state index in [0.29, 0.717) is 5.82 Å². The second kappa shape index (κ2) is 5.22. The van der Waals surface area contributed by atoms with E-state index in [1.165, 1.54) is 6.07 Å². The lowest BCUT2D eigenvalue weighted by Gasteiger charge is -2.27. The summed E-state index contributed by atoms with van der Waals surface area (Å²) in [6, 6.07) is 3.02. The molecule has 0 aromatic carbocycles. The predicted octanol–water partition coefficient (Wildman–Crippen LogP) is -0.119. The second-order valence-corrected chi connectivity index (χ2v) is 4.91. The molecule has 1 aliphatic heterocycles. The number of thioether (sulfide) groups is 1. The minimum Gasteiger partial charge on any atom is -0.480 e. The summed E-state index contributed by atoms with van der Waals surface area (Å²) in [4.78, 5) is 24.1.